The van der Waals surface area contributed by atoms with E-state index in [0.29, 0.717) is 6.04 Å². The van der Waals surface area contributed by atoms with Gasteiger partial charge in [-0.25, -0.2) is 0 Å². The molecule has 1 aliphatic rings. The molecule has 0 spiro atoms. The fourth-order valence-corrected chi connectivity index (χ4v) is 2.16. The first-order chi connectivity index (χ1) is 8.15. The predicted octanol–water partition coefficient (Wildman–Crippen LogP) is 1.40. The molecule has 100 valence electrons. The lowest BCUT2D eigenvalue weighted by molar-refractivity contribution is -0.0225. The summed E-state index contributed by atoms with van der Waals surface area (Å²) in [6.07, 6.45) is 1.25. The number of morpholine rings is 1. The third-order valence-electron chi connectivity index (χ3n) is 2.81. The first kappa shape index (κ1) is 14.7. The molecule has 0 saturated carbocycles. The highest BCUT2D eigenvalue weighted by Crippen LogP contribution is 2.11. The summed E-state index contributed by atoms with van der Waals surface area (Å²) >= 11 is 5.40. The molecule has 0 aromatic carbocycles. The zero-order chi connectivity index (χ0) is 12.7. The van der Waals surface area contributed by atoms with E-state index in [2.05, 4.69) is 24.1 Å². The monoisotopic (exact) mass is 260 g/mol. The second-order valence-electron chi connectivity index (χ2n) is 4.43. The molecule has 2 unspecified atom stereocenters. The Hall–Kier alpha value is -0.390. The molecule has 4 nitrogen and oxygen atoms in total. The third kappa shape index (κ3) is 5.19. The minimum atomic E-state index is 0.259. The summed E-state index contributed by atoms with van der Waals surface area (Å²) in [5.74, 6) is 0. The zero-order valence-electron chi connectivity index (χ0n) is 11.1. The number of hydrogen-bond donors (Lipinski definition) is 1. The average molecular weight is 260 g/mol. The quantitative estimate of drug-likeness (QED) is 0.597. The first-order valence-corrected chi connectivity index (χ1v) is 6.79. The van der Waals surface area contributed by atoms with Crippen molar-refractivity contribution in [2.24, 2.45) is 0 Å². The lowest BCUT2D eigenvalue weighted by Crippen LogP contribution is -2.53. The molecular formula is C12H24N2O2S. The Morgan fingerprint density at radius 3 is 3.00 bits per heavy atom. The van der Waals surface area contributed by atoms with Gasteiger partial charge >= 0.3 is 0 Å². The van der Waals surface area contributed by atoms with Gasteiger partial charge in [-0.2, -0.15) is 0 Å². The Bertz CT molecular complexity index is 239. The number of nitrogens with one attached hydrogen (secondary N) is 1. The molecule has 1 fully saturated rings. The van der Waals surface area contributed by atoms with E-state index in [9.17, 15) is 0 Å². The number of nitrogens with zero attached hydrogens (tertiary/aromatic N) is 1. The van der Waals surface area contributed by atoms with Crippen LogP contribution in [0.5, 0.6) is 0 Å². The maximum Gasteiger partial charge on any atom is 0.169 e. The van der Waals surface area contributed by atoms with Crippen LogP contribution in [0.15, 0.2) is 0 Å². The Kier molecular flexibility index (Phi) is 6.77. The lowest BCUT2D eigenvalue weighted by atomic mass is 10.2. The molecule has 0 amide bonds. The third-order valence-corrected chi connectivity index (χ3v) is 3.19. The minimum Gasteiger partial charge on any atom is -0.382 e. The van der Waals surface area contributed by atoms with Crippen molar-refractivity contribution in [2.45, 2.75) is 39.3 Å². The fourth-order valence-electron chi connectivity index (χ4n) is 1.80. The van der Waals surface area contributed by atoms with Crippen LogP contribution in [0.2, 0.25) is 0 Å². The van der Waals surface area contributed by atoms with Crippen molar-refractivity contribution in [2.75, 3.05) is 32.9 Å². The van der Waals surface area contributed by atoms with Gasteiger partial charge in [0.05, 0.1) is 18.8 Å². The summed E-state index contributed by atoms with van der Waals surface area (Å²) in [5.41, 5.74) is 0. The predicted molar refractivity (Wildman–Crippen MR) is 73.3 cm³/mol. The topological polar surface area (TPSA) is 33.7 Å². The van der Waals surface area contributed by atoms with Gasteiger partial charge in [-0.05, 0) is 39.4 Å². The van der Waals surface area contributed by atoms with Gasteiger partial charge in [0.15, 0.2) is 5.11 Å². The van der Waals surface area contributed by atoms with Gasteiger partial charge in [-0.1, -0.05) is 0 Å². The summed E-state index contributed by atoms with van der Waals surface area (Å²) < 4.78 is 10.9. The fraction of sp³-hybridized carbons (Fsp3) is 0.917. The number of ether oxygens (including phenoxy) is 2. The van der Waals surface area contributed by atoms with Gasteiger partial charge < -0.3 is 19.7 Å². The minimum absolute atomic E-state index is 0.259. The van der Waals surface area contributed by atoms with Crippen LogP contribution in [0.1, 0.15) is 27.2 Å². The zero-order valence-corrected chi connectivity index (χ0v) is 11.9. The van der Waals surface area contributed by atoms with Crippen molar-refractivity contribution in [3.8, 4) is 0 Å². The molecule has 0 aromatic rings. The highest BCUT2D eigenvalue weighted by Gasteiger charge is 2.24. The normalized spacial score (nSPS) is 24.8. The van der Waals surface area contributed by atoms with Crippen LogP contribution in [0.4, 0.5) is 0 Å². The van der Waals surface area contributed by atoms with Gasteiger partial charge in [0, 0.05) is 26.3 Å². The summed E-state index contributed by atoms with van der Waals surface area (Å²) in [5, 5.41) is 4.12. The number of hydrogen-bond acceptors (Lipinski definition) is 3. The van der Waals surface area contributed by atoms with Gasteiger partial charge in [0.1, 0.15) is 0 Å². The molecule has 0 bridgehead atoms. The van der Waals surface area contributed by atoms with E-state index in [1.165, 1.54) is 0 Å². The van der Waals surface area contributed by atoms with Crippen molar-refractivity contribution in [1.82, 2.24) is 10.2 Å². The van der Waals surface area contributed by atoms with Crippen molar-refractivity contribution in [1.29, 1.82) is 0 Å². The van der Waals surface area contributed by atoms with E-state index in [0.717, 1.165) is 44.4 Å². The molecular weight excluding hydrogens is 236 g/mol. The lowest BCUT2D eigenvalue weighted by Gasteiger charge is -2.38. The van der Waals surface area contributed by atoms with Crippen LogP contribution in [-0.4, -0.2) is 55.1 Å². The second-order valence-corrected chi connectivity index (χ2v) is 4.81. The van der Waals surface area contributed by atoms with E-state index < -0.39 is 0 Å². The maximum absolute atomic E-state index is 5.58. The Morgan fingerprint density at radius 1 is 1.53 bits per heavy atom. The Balaban J connectivity index is 2.21. The Morgan fingerprint density at radius 2 is 2.29 bits per heavy atom. The molecule has 17 heavy (non-hydrogen) atoms. The van der Waals surface area contributed by atoms with E-state index in [-0.39, 0.29) is 6.10 Å². The van der Waals surface area contributed by atoms with Crippen LogP contribution < -0.4 is 5.32 Å². The van der Waals surface area contributed by atoms with Crippen LogP contribution in [0.25, 0.3) is 0 Å². The van der Waals surface area contributed by atoms with Crippen molar-refractivity contribution in [3.05, 3.63) is 0 Å². The van der Waals surface area contributed by atoms with E-state index in [4.69, 9.17) is 21.7 Å². The molecule has 1 saturated heterocycles. The van der Waals surface area contributed by atoms with Gasteiger partial charge in [-0.15, -0.1) is 0 Å². The van der Waals surface area contributed by atoms with Gasteiger partial charge in [0.2, 0.25) is 0 Å². The van der Waals surface area contributed by atoms with E-state index >= 15 is 0 Å². The summed E-state index contributed by atoms with van der Waals surface area (Å²) in [6, 6.07) is 0.359. The molecule has 1 aliphatic heterocycles. The molecule has 0 aliphatic carbocycles. The summed E-state index contributed by atoms with van der Waals surface area (Å²) in [6.45, 7) is 10.3. The van der Waals surface area contributed by atoms with Crippen LogP contribution in [0.3, 0.4) is 0 Å². The van der Waals surface area contributed by atoms with Crippen LogP contribution in [-0.2, 0) is 9.47 Å². The second kappa shape index (κ2) is 7.84. The highest BCUT2D eigenvalue weighted by atomic mass is 32.1. The molecule has 1 rings (SSSR count). The molecule has 2 atom stereocenters. The van der Waals surface area contributed by atoms with Crippen molar-refractivity contribution >= 4 is 17.3 Å². The smallest absolute Gasteiger partial charge is 0.169 e. The molecule has 0 radical (unpaired) electrons. The van der Waals surface area contributed by atoms with Gasteiger partial charge in [-0.3, -0.25) is 0 Å². The maximum atomic E-state index is 5.58. The Labute approximate surface area is 110 Å². The molecule has 1 heterocycles. The van der Waals surface area contributed by atoms with Crippen LogP contribution >= 0.6 is 12.2 Å². The largest absolute Gasteiger partial charge is 0.382 e. The van der Waals surface area contributed by atoms with Crippen molar-refractivity contribution in [3.63, 3.8) is 0 Å². The van der Waals surface area contributed by atoms with Crippen molar-refractivity contribution < 1.29 is 9.47 Å². The van der Waals surface area contributed by atoms with Gasteiger partial charge in [0.25, 0.3) is 0 Å². The highest BCUT2D eigenvalue weighted by molar-refractivity contribution is 7.80. The average Bonchev–Trinajstić information content (AvgIpc) is 2.32. The van der Waals surface area contributed by atoms with E-state index in [1.54, 1.807) is 0 Å². The SMILES string of the molecule is CCOCCCNC(=S)N1CC(C)OCC1C. The molecule has 0 aromatic heterocycles. The standard InChI is InChI=1S/C12H24N2O2S/c1-4-15-7-5-6-13-12(17)14-8-11(3)16-9-10(14)2/h10-11H,4-9H2,1-3H3,(H,13,17). The first-order valence-electron chi connectivity index (χ1n) is 6.39. The van der Waals surface area contributed by atoms with Crippen LogP contribution in [0, 0.1) is 0 Å². The molecule has 1 N–H and O–H groups in total. The summed E-state index contributed by atoms with van der Waals surface area (Å²) in [7, 11) is 0. The van der Waals surface area contributed by atoms with E-state index in [1.807, 2.05) is 6.92 Å². The number of thiocarbonyl (C=S) groups is 1. The number of rotatable bonds is 5. The summed E-state index contributed by atoms with van der Waals surface area (Å²) in [4.78, 5) is 2.21. The molecule has 5 heteroatoms.